The molecule has 4 nitrogen and oxygen atoms in total. The Balaban J connectivity index is 1.72. The van der Waals surface area contributed by atoms with Crippen LogP contribution in [0.25, 0.3) is 0 Å². The van der Waals surface area contributed by atoms with Crippen molar-refractivity contribution in [1.29, 1.82) is 0 Å². The molecule has 2 rings (SSSR count). The number of hydrogen-bond acceptors (Lipinski definition) is 3. The number of primary amides is 1. The average Bonchev–Trinajstić information content (AvgIpc) is 2.56. The second-order valence-electron chi connectivity index (χ2n) is 4.84. The van der Waals surface area contributed by atoms with Gasteiger partial charge in [-0.25, -0.2) is 4.39 Å². The first-order valence-corrected chi connectivity index (χ1v) is 8.22. The van der Waals surface area contributed by atoms with E-state index >= 15 is 0 Å². The lowest BCUT2D eigenvalue weighted by Crippen LogP contribution is -2.25. The van der Waals surface area contributed by atoms with Crippen LogP contribution in [0.4, 0.5) is 4.39 Å². The summed E-state index contributed by atoms with van der Waals surface area (Å²) in [6, 6.07) is 12.8. The second-order valence-corrected chi connectivity index (χ2v) is 5.95. The van der Waals surface area contributed by atoms with Crippen molar-refractivity contribution < 1.29 is 14.0 Å². The molecule has 23 heavy (non-hydrogen) atoms. The van der Waals surface area contributed by atoms with Crippen LogP contribution in [0.2, 0.25) is 0 Å². The van der Waals surface area contributed by atoms with Crippen LogP contribution in [0.15, 0.2) is 48.5 Å². The van der Waals surface area contributed by atoms with Gasteiger partial charge in [0.1, 0.15) is 5.82 Å². The predicted molar refractivity (Wildman–Crippen MR) is 89.9 cm³/mol. The van der Waals surface area contributed by atoms with Gasteiger partial charge >= 0.3 is 0 Å². The lowest BCUT2D eigenvalue weighted by molar-refractivity contribution is 0.0953. The maximum absolute atomic E-state index is 13.4. The van der Waals surface area contributed by atoms with Crippen molar-refractivity contribution in [3.63, 3.8) is 0 Å². The molecule has 0 aliphatic carbocycles. The molecule has 0 radical (unpaired) electrons. The largest absolute Gasteiger partial charge is 0.366 e. The Bertz CT molecular complexity index is 689. The number of hydrogen-bond donors (Lipinski definition) is 2. The molecule has 6 heteroatoms. The Morgan fingerprint density at radius 3 is 2.35 bits per heavy atom. The maximum Gasteiger partial charge on any atom is 0.251 e. The monoisotopic (exact) mass is 332 g/mol. The van der Waals surface area contributed by atoms with Gasteiger partial charge in [-0.1, -0.05) is 18.2 Å². The molecule has 2 amide bonds. The van der Waals surface area contributed by atoms with E-state index in [4.69, 9.17) is 5.73 Å². The minimum atomic E-state index is -0.526. The standard InChI is InChI=1S/C17H17FN2O2S/c18-15-4-2-1-3-14(15)11-23-10-9-20-17(22)13-7-5-12(6-8-13)16(19)21/h1-8H,9-11H2,(H2,19,21)(H,20,22). The Hall–Kier alpha value is -2.34. The van der Waals surface area contributed by atoms with Gasteiger partial charge < -0.3 is 11.1 Å². The molecule has 0 atom stereocenters. The Morgan fingerprint density at radius 2 is 1.70 bits per heavy atom. The SMILES string of the molecule is NC(=O)c1ccc(C(=O)NCCSCc2ccccc2F)cc1. The van der Waals surface area contributed by atoms with Crippen LogP contribution in [0, 0.1) is 5.82 Å². The van der Waals surface area contributed by atoms with Gasteiger partial charge in [0, 0.05) is 29.2 Å². The minimum absolute atomic E-state index is 0.210. The van der Waals surface area contributed by atoms with Crippen LogP contribution >= 0.6 is 11.8 Å². The quantitative estimate of drug-likeness (QED) is 0.766. The van der Waals surface area contributed by atoms with Crippen LogP contribution in [-0.2, 0) is 5.75 Å². The van der Waals surface area contributed by atoms with Crippen LogP contribution in [0.3, 0.4) is 0 Å². The lowest BCUT2D eigenvalue weighted by atomic mass is 10.1. The van der Waals surface area contributed by atoms with Crippen molar-refractivity contribution in [2.45, 2.75) is 5.75 Å². The zero-order valence-corrected chi connectivity index (χ0v) is 13.2. The van der Waals surface area contributed by atoms with Gasteiger partial charge in [0.15, 0.2) is 0 Å². The summed E-state index contributed by atoms with van der Waals surface area (Å²) < 4.78 is 13.4. The molecule has 0 spiro atoms. The van der Waals surface area contributed by atoms with Gasteiger partial charge in [-0.3, -0.25) is 9.59 Å². The van der Waals surface area contributed by atoms with Crippen LogP contribution in [0.1, 0.15) is 26.3 Å². The topological polar surface area (TPSA) is 72.2 Å². The highest BCUT2D eigenvalue weighted by Gasteiger charge is 2.06. The first-order chi connectivity index (χ1) is 11.1. The van der Waals surface area contributed by atoms with Crippen molar-refractivity contribution in [2.75, 3.05) is 12.3 Å². The van der Waals surface area contributed by atoms with E-state index in [1.54, 1.807) is 42.1 Å². The molecule has 0 heterocycles. The third kappa shape index (κ3) is 5.10. The van der Waals surface area contributed by atoms with Crippen LogP contribution in [0.5, 0.6) is 0 Å². The van der Waals surface area contributed by atoms with Gasteiger partial charge in [-0.15, -0.1) is 0 Å². The second kappa shape index (κ2) is 8.33. The van der Waals surface area contributed by atoms with Gasteiger partial charge in [0.25, 0.3) is 5.91 Å². The zero-order valence-electron chi connectivity index (χ0n) is 12.4. The molecular formula is C17H17FN2O2S. The number of carbonyl (C=O) groups excluding carboxylic acids is 2. The number of amides is 2. The fraction of sp³-hybridized carbons (Fsp3) is 0.176. The summed E-state index contributed by atoms with van der Waals surface area (Å²) >= 11 is 1.55. The zero-order chi connectivity index (χ0) is 16.7. The molecule has 0 aromatic heterocycles. The van der Waals surface area contributed by atoms with Gasteiger partial charge in [-0.2, -0.15) is 11.8 Å². The molecule has 0 saturated heterocycles. The van der Waals surface area contributed by atoms with E-state index in [1.807, 2.05) is 0 Å². The highest BCUT2D eigenvalue weighted by atomic mass is 32.2. The average molecular weight is 332 g/mol. The Morgan fingerprint density at radius 1 is 1.04 bits per heavy atom. The molecule has 0 aliphatic rings. The van der Waals surface area contributed by atoms with Gasteiger partial charge in [-0.05, 0) is 35.9 Å². The number of carbonyl (C=O) groups is 2. The number of rotatable bonds is 7. The summed E-state index contributed by atoms with van der Waals surface area (Å²) in [5, 5.41) is 2.78. The smallest absolute Gasteiger partial charge is 0.251 e. The van der Waals surface area contributed by atoms with E-state index in [9.17, 15) is 14.0 Å². The highest BCUT2D eigenvalue weighted by molar-refractivity contribution is 7.98. The normalized spacial score (nSPS) is 10.3. The van der Waals surface area contributed by atoms with Gasteiger partial charge in [0.2, 0.25) is 5.91 Å². The summed E-state index contributed by atoms with van der Waals surface area (Å²) in [6.07, 6.45) is 0. The first-order valence-electron chi connectivity index (χ1n) is 7.07. The molecule has 0 fully saturated rings. The minimum Gasteiger partial charge on any atom is -0.366 e. The van der Waals surface area contributed by atoms with E-state index < -0.39 is 5.91 Å². The number of nitrogens with two attached hydrogens (primary N) is 1. The predicted octanol–water partition coefficient (Wildman–Crippen LogP) is 2.59. The molecule has 0 unspecified atom stereocenters. The Kier molecular flexibility index (Phi) is 6.17. The van der Waals surface area contributed by atoms with E-state index in [0.29, 0.717) is 34.7 Å². The van der Waals surface area contributed by atoms with Crippen molar-refractivity contribution >= 4 is 23.6 Å². The lowest BCUT2D eigenvalue weighted by Gasteiger charge is -2.06. The van der Waals surface area contributed by atoms with Crippen molar-refractivity contribution in [2.24, 2.45) is 5.73 Å². The van der Waals surface area contributed by atoms with Crippen molar-refractivity contribution in [3.8, 4) is 0 Å². The maximum atomic E-state index is 13.4. The summed E-state index contributed by atoms with van der Waals surface area (Å²) in [6.45, 7) is 0.482. The van der Waals surface area contributed by atoms with Crippen LogP contribution in [-0.4, -0.2) is 24.1 Å². The number of benzene rings is 2. The molecule has 3 N–H and O–H groups in total. The molecule has 0 aliphatic heterocycles. The summed E-state index contributed by atoms with van der Waals surface area (Å²) in [4.78, 5) is 22.9. The Labute approximate surface area is 138 Å². The summed E-state index contributed by atoms with van der Waals surface area (Å²) in [5.41, 5.74) is 6.63. The van der Waals surface area contributed by atoms with E-state index in [1.165, 1.54) is 18.2 Å². The first kappa shape index (κ1) is 17.0. The molecule has 2 aromatic carbocycles. The van der Waals surface area contributed by atoms with Crippen LogP contribution < -0.4 is 11.1 Å². The number of nitrogens with one attached hydrogen (secondary N) is 1. The van der Waals surface area contributed by atoms with Crippen molar-refractivity contribution in [1.82, 2.24) is 5.32 Å². The third-order valence-corrected chi connectivity index (χ3v) is 4.19. The number of thioether (sulfide) groups is 1. The molecule has 0 bridgehead atoms. The number of halogens is 1. The van der Waals surface area contributed by atoms with Crippen molar-refractivity contribution in [3.05, 3.63) is 71.0 Å². The van der Waals surface area contributed by atoms with E-state index in [0.717, 1.165) is 0 Å². The van der Waals surface area contributed by atoms with E-state index in [-0.39, 0.29) is 11.7 Å². The summed E-state index contributed by atoms with van der Waals surface area (Å²) in [7, 11) is 0. The van der Waals surface area contributed by atoms with Gasteiger partial charge in [0.05, 0.1) is 0 Å². The molecular weight excluding hydrogens is 315 g/mol. The highest BCUT2D eigenvalue weighted by Crippen LogP contribution is 2.14. The molecule has 0 saturated carbocycles. The third-order valence-electron chi connectivity index (χ3n) is 3.18. The fourth-order valence-corrected chi connectivity index (χ4v) is 2.77. The fourth-order valence-electron chi connectivity index (χ4n) is 1.92. The molecule has 120 valence electrons. The summed E-state index contributed by atoms with van der Waals surface area (Å²) in [5.74, 6) is 0.294. The van der Waals surface area contributed by atoms with E-state index in [2.05, 4.69) is 5.32 Å². The molecule has 2 aromatic rings.